The SMILES string of the molecule is Cc1ccc(-c2c(N[C@@H]3CCCC[C@@H]3C)c(=O)c2=O)cc1C. The molecule has 1 aliphatic carbocycles. The fraction of sp³-hybridized carbons (Fsp3) is 0.474. The zero-order chi connectivity index (χ0) is 15.9. The minimum atomic E-state index is -0.356. The van der Waals surface area contributed by atoms with Gasteiger partial charge >= 0.3 is 0 Å². The van der Waals surface area contributed by atoms with Crippen molar-refractivity contribution in [2.45, 2.75) is 52.5 Å². The third kappa shape index (κ3) is 2.49. The summed E-state index contributed by atoms with van der Waals surface area (Å²) in [5.74, 6) is 0.547. The number of hydrogen-bond donors (Lipinski definition) is 1. The van der Waals surface area contributed by atoms with Crippen LogP contribution in [0, 0.1) is 19.8 Å². The van der Waals surface area contributed by atoms with E-state index in [-0.39, 0.29) is 10.9 Å². The lowest BCUT2D eigenvalue weighted by Gasteiger charge is -2.31. The van der Waals surface area contributed by atoms with Crippen LogP contribution >= 0.6 is 0 Å². The predicted molar refractivity (Wildman–Crippen MR) is 91.3 cm³/mol. The molecule has 3 nitrogen and oxygen atoms in total. The van der Waals surface area contributed by atoms with E-state index in [0.29, 0.717) is 23.2 Å². The summed E-state index contributed by atoms with van der Waals surface area (Å²) >= 11 is 0. The smallest absolute Gasteiger partial charge is 0.250 e. The Morgan fingerprint density at radius 3 is 2.41 bits per heavy atom. The average molecular weight is 297 g/mol. The first-order valence-corrected chi connectivity index (χ1v) is 8.16. The lowest BCUT2D eigenvalue weighted by Crippen LogP contribution is -2.41. The molecular weight excluding hydrogens is 274 g/mol. The van der Waals surface area contributed by atoms with Crippen LogP contribution in [0.4, 0.5) is 5.69 Å². The average Bonchev–Trinajstić information content (AvgIpc) is 2.51. The third-order valence-electron chi connectivity index (χ3n) is 5.15. The molecule has 3 heteroatoms. The number of anilines is 1. The first-order chi connectivity index (χ1) is 10.5. The molecule has 3 rings (SSSR count). The second-order valence-corrected chi connectivity index (χ2v) is 6.72. The van der Waals surface area contributed by atoms with Gasteiger partial charge in [0.1, 0.15) is 0 Å². The highest BCUT2D eigenvalue weighted by atomic mass is 16.2. The fourth-order valence-corrected chi connectivity index (χ4v) is 3.42. The summed E-state index contributed by atoms with van der Waals surface area (Å²) in [7, 11) is 0. The van der Waals surface area contributed by atoms with Gasteiger partial charge in [-0.05, 0) is 49.3 Å². The van der Waals surface area contributed by atoms with Crippen molar-refractivity contribution >= 4 is 5.69 Å². The van der Waals surface area contributed by atoms with Gasteiger partial charge in [0.2, 0.25) is 10.9 Å². The van der Waals surface area contributed by atoms with Gasteiger partial charge in [0.05, 0.1) is 11.3 Å². The van der Waals surface area contributed by atoms with Crippen LogP contribution in [0.3, 0.4) is 0 Å². The molecule has 0 bridgehead atoms. The molecule has 0 radical (unpaired) electrons. The van der Waals surface area contributed by atoms with Gasteiger partial charge < -0.3 is 5.32 Å². The molecule has 0 spiro atoms. The number of rotatable bonds is 3. The predicted octanol–water partition coefficient (Wildman–Crippen LogP) is 3.56. The van der Waals surface area contributed by atoms with Crippen LogP contribution in [0.15, 0.2) is 27.8 Å². The van der Waals surface area contributed by atoms with E-state index in [1.807, 2.05) is 32.0 Å². The fourth-order valence-electron chi connectivity index (χ4n) is 3.42. The Balaban J connectivity index is 1.93. The number of aryl methyl sites for hydroxylation is 2. The first-order valence-electron chi connectivity index (χ1n) is 8.16. The number of benzene rings is 1. The van der Waals surface area contributed by atoms with Gasteiger partial charge in [0.15, 0.2) is 0 Å². The van der Waals surface area contributed by atoms with Gasteiger partial charge in [-0.25, -0.2) is 0 Å². The number of hydrogen-bond acceptors (Lipinski definition) is 3. The molecule has 22 heavy (non-hydrogen) atoms. The molecule has 0 amide bonds. The molecule has 1 saturated carbocycles. The lowest BCUT2D eigenvalue weighted by atomic mass is 9.85. The molecular formula is C19H23NO2. The van der Waals surface area contributed by atoms with Crippen molar-refractivity contribution in [3.8, 4) is 11.1 Å². The lowest BCUT2D eigenvalue weighted by molar-refractivity contribution is 0.349. The topological polar surface area (TPSA) is 46.2 Å². The van der Waals surface area contributed by atoms with Crippen molar-refractivity contribution in [1.82, 2.24) is 0 Å². The highest BCUT2D eigenvalue weighted by molar-refractivity contribution is 5.82. The zero-order valence-electron chi connectivity index (χ0n) is 13.5. The molecule has 1 fully saturated rings. The van der Waals surface area contributed by atoms with E-state index in [1.165, 1.54) is 24.8 Å². The van der Waals surface area contributed by atoms with Gasteiger partial charge in [-0.1, -0.05) is 38.0 Å². The molecule has 0 saturated heterocycles. The minimum Gasteiger partial charge on any atom is -0.378 e. The van der Waals surface area contributed by atoms with Gasteiger partial charge in [0.25, 0.3) is 0 Å². The molecule has 0 unspecified atom stereocenters. The summed E-state index contributed by atoms with van der Waals surface area (Å²) in [6.07, 6.45) is 4.71. The van der Waals surface area contributed by atoms with Crippen molar-refractivity contribution in [3.63, 3.8) is 0 Å². The van der Waals surface area contributed by atoms with E-state index < -0.39 is 0 Å². The standard InChI is InChI=1S/C19H23NO2/c1-11-8-9-14(10-13(11)3)16-17(19(22)18(16)21)20-15-7-5-4-6-12(15)2/h8-10,12,15,20H,4-7H2,1-3H3/t12-,15+/m0/s1. The van der Waals surface area contributed by atoms with Gasteiger partial charge in [-0.3, -0.25) is 9.59 Å². The van der Waals surface area contributed by atoms with Crippen molar-refractivity contribution < 1.29 is 0 Å². The molecule has 0 aliphatic heterocycles. The maximum Gasteiger partial charge on any atom is 0.250 e. The zero-order valence-corrected chi connectivity index (χ0v) is 13.5. The molecule has 2 atom stereocenters. The Kier molecular flexibility index (Phi) is 3.90. The summed E-state index contributed by atoms with van der Waals surface area (Å²) in [5, 5.41) is 3.38. The third-order valence-corrected chi connectivity index (χ3v) is 5.15. The minimum absolute atomic E-state index is 0.308. The van der Waals surface area contributed by atoms with E-state index in [4.69, 9.17) is 0 Å². The molecule has 0 aromatic heterocycles. The maximum absolute atomic E-state index is 12.0. The van der Waals surface area contributed by atoms with Crippen molar-refractivity contribution in [3.05, 3.63) is 49.8 Å². The van der Waals surface area contributed by atoms with Gasteiger partial charge in [-0.2, -0.15) is 0 Å². The van der Waals surface area contributed by atoms with Crippen molar-refractivity contribution in [1.29, 1.82) is 0 Å². The summed E-state index contributed by atoms with van der Waals surface area (Å²) in [6.45, 7) is 6.29. The van der Waals surface area contributed by atoms with E-state index in [1.54, 1.807) is 0 Å². The molecule has 116 valence electrons. The van der Waals surface area contributed by atoms with Crippen LogP contribution in [0.5, 0.6) is 0 Å². The van der Waals surface area contributed by atoms with Crippen LogP contribution < -0.4 is 16.2 Å². The van der Waals surface area contributed by atoms with Gasteiger partial charge in [0, 0.05) is 6.04 Å². The van der Waals surface area contributed by atoms with E-state index in [2.05, 4.69) is 12.2 Å². The monoisotopic (exact) mass is 297 g/mol. The molecule has 1 N–H and O–H groups in total. The molecule has 1 aliphatic rings. The van der Waals surface area contributed by atoms with Crippen LogP contribution in [0.2, 0.25) is 0 Å². The quantitative estimate of drug-likeness (QED) is 0.881. The van der Waals surface area contributed by atoms with Crippen LogP contribution in [-0.2, 0) is 0 Å². The van der Waals surface area contributed by atoms with Crippen LogP contribution in [0.1, 0.15) is 43.7 Å². The van der Waals surface area contributed by atoms with E-state index >= 15 is 0 Å². The summed E-state index contributed by atoms with van der Waals surface area (Å²) < 4.78 is 0. The highest BCUT2D eigenvalue weighted by Crippen LogP contribution is 2.30. The van der Waals surface area contributed by atoms with Crippen molar-refractivity contribution in [2.24, 2.45) is 5.92 Å². The maximum atomic E-state index is 12.0. The van der Waals surface area contributed by atoms with E-state index in [0.717, 1.165) is 17.5 Å². The normalized spacial score (nSPS) is 22.0. The van der Waals surface area contributed by atoms with E-state index in [9.17, 15) is 9.59 Å². The first kappa shape index (κ1) is 15.0. The van der Waals surface area contributed by atoms with Crippen LogP contribution in [0.25, 0.3) is 11.1 Å². The Bertz CT molecular complexity index is 768. The summed E-state index contributed by atoms with van der Waals surface area (Å²) in [5.41, 5.74) is 3.59. The second kappa shape index (κ2) is 5.71. The Morgan fingerprint density at radius 2 is 1.73 bits per heavy atom. The van der Waals surface area contributed by atoms with Gasteiger partial charge in [-0.15, -0.1) is 0 Å². The molecule has 2 aromatic rings. The summed E-state index contributed by atoms with van der Waals surface area (Å²) in [6, 6.07) is 6.26. The highest BCUT2D eigenvalue weighted by Gasteiger charge is 2.28. The largest absolute Gasteiger partial charge is 0.378 e. The number of nitrogens with one attached hydrogen (secondary N) is 1. The second-order valence-electron chi connectivity index (χ2n) is 6.72. The van der Waals surface area contributed by atoms with Crippen molar-refractivity contribution in [2.75, 3.05) is 5.32 Å². The molecule has 0 heterocycles. The summed E-state index contributed by atoms with van der Waals surface area (Å²) in [4.78, 5) is 24.1. The van der Waals surface area contributed by atoms with Crippen LogP contribution in [-0.4, -0.2) is 6.04 Å². The Morgan fingerprint density at radius 1 is 1.00 bits per heavy atom. The molecule has 2 aromatic carbocycles. The Hall–Kier alpha value is -1.90. The Labute approximate surface area is 131 Å².